The van der Waals surface area contributed by atoms with Crippen LogP contribution in [0.5, 0.6) is 0 Å². The fraction of sp³-hybridized carbons (Fsp3) is 0.333. The van der Waals surface area contributed by atoms with E-state index in [0.29, 0.717) is 12.2 Å². The molecule has 1 fully saturated rings. The molecule has 0 saturated heterocycles. The Kier molecular flexibility index (Phi) is 3.22. The third-order valence-electron chi connectivity index (χ3n) is 4.84. The lowest BCUT2D eigenvalue weighted by Gasteiger charge is -2.16. The summed E-state index contributed by atoms with van der Waals surface area (Å²) in [7, 11) is 1.94. The number of nitrogens with zero attached hydrogens (tertiary/aromatic N) is 3. The van der Waals surface area contributed by atoms with Crippen molar-refractivity contribution < 1.29 is 4.79 Å². The monoisotopic (exact) mass is 308 g/mol. The molecule has 1 aliphatic carbocycles. The van der Waals surface area contributed by atoms with Crippen LogP contribution in [0.2, 0.25) is 0 Å². The molecule has 2 heterocycles. The zero-order chi connectivity index (χ0) is 15.9. The summed E-state index contributed by atoms with van der Waals surface area (Å²) in [4.78, 5) is 16.6. The molecule has 0 atom stereocenters. The van der Waals surface area contributed by atoms with E-state index >= 15 is 0 Å². The van der Waals surface area contributed by atoms with Crippen LogP contribution in [0.3, 0.4) is 0 Å². The predicted octanol–water partition coefficient (Wildman–Crippen LogP) is 2.58. The number of nitrogens with one attached hydrogen (secondary N) is 1. The highest BCUT2D eigenvalue weighted by Crippen LogP contribution is 2.46. The molecule has 23 heavy (non-hydrogen) atoms. The lowest BCUT2D eigenvalue weighted by molar-refractivity contribution is 0.0935. The van der Waals surface area contributed by atoms with Crippen molar-refractivity contribution in [2.75, 3.05) is 6.54 Å². The molecule has 4 rings (SSSR count). The second-order valence-electron chi connectivity index (χ2n) is 6.57. The molecule has 5 nitrogen and oxygen atoms in total. The van der Waals surface area contributed by atoms with Crippen LogP contribution in [-0.2, 0) is 13.6 Å². The Morgan fingerprint density at radius 3 is 2.87 bits per heavy atom. The minimum atomic E-state index is 0.000561. The van der Waals surface area contributed by atoms with Crippen molar-refractivity contribution in [3.63, 3.8) is 0 Å². The van der Waals surface area contributed by atoms with Gasteiger partial charge in [0.15, 0.2) is 0 Å². The lowest BCUT2D eigenvalue weighted by atomic mass is 10.1. The third-order valence-corrected chi connectivity index (χ3v) is 4.84. The summed E-state index contributed by atoms with van der Waals surface area (Å²) in [6.45, 7) is 1.63. The number of carbonyl (C=O) groups is 1. The minimum Gasteiger partial charge on any atom is -0.350 e. The zero-order valence-electron chi connectivity index (χ0n) is 13.2. The quantitative estimate of drug-likeness (QED) is 0.787. The number of imidazole rings is 1. The molecule has 118 valence electrons. The minimum absolute atomic E-state index is 0.000561. The molecular formula is C18H20N4O. The molecule has 0 spiro atoms. The van der Waals surface area contributed by atoms with Gasteiger partial charge in [0, 0.05) is 48.8 Å². The van der Waals surface area contributed by atoms with Crippen LogP contribution in [0.4, 0.5) is 0 Å². The Morgan fingerprint density at radius 1 is 1.35 bits per heavy atom. The van der Waals surface area contributed by atoms with Gasteiger partial charge in [0.05, 0.1) is 6.33 Å². The Labute approximate surface area is 134 Å². The Bertz CT molecular complexity index is 843. The molecular weight excluding hydrogens is 288 g/mol. The summed E-state index contributed by atoms with van der Waals surface area (Å²) in [6.07, 6.45) is 7.92. The number of aryl methyl sites for hydroxylation is 1. The molecule has 3 aromatic rings. The largest absolute Gasteiger partial charge is 0.350 e. The van der Waals surface area contributed by atoms with Gasteiger partial charge in [-0.15, -0.1) is 0 Å². The van der Waals surface area contributed by atoms with Crippen LogP contribution >= 0.6 is 0 Å². The fourth-order valence-corrected chi connectivity index (χ4v) is 3.20. The summed E-state index contributed by atoms with van der Waals surface area (Å²) < 4.78 is 4.05. The summed E-state index contributed by atoms with van der Waals surface area (Å²) in [5.74, 6) is 0.000561. The summed E-state index contributed by atoms with van der Waals surface area (Å²) in [5, 5.41) is 4.22. The molecule has 0 radical (unpaired) electrons. The summed E-state index contributed by atoms with van der Waals surface area (Å²) in [5.41, 5.74) is 1.99. The molecule has 1 aromatic carbocycles. The molecule has 1 aliphatic rings. The van der Waals surface area contributed by atoms with E-state index in [1.807, 2.05) is 54.5 Å². The maximum atomic E-state index is 12.6. The van der Waals surface area contributed by atoms with E-state index in [1.165, 1.54) is 0 Å². The number of carbonyl (C=O) groups excluding carboxylic acids is 1. The van der Waals surface area contributed by atoms with Crippen LogP contribution < -0.4 is 5.32 Å². The first kappa shape index (κ1) is 14.1. The molecule has 1 saturated carbocycles. The maximum Gasteiger partial charge on any atom is 0.267 e. The highest BCUT2D eigenvalue weighted by Gasteiger charge is 2.43. The van der Waals surface area contributed by atoms with Crippen molar-refractivity contribution in [1.82, 2.24) is 19.4 Å². The highest BCUT2D eigenvalue weighted by atomic mass is 16.1. The third kappa shape index (κ3) is 2.63. The van der Waals surface area contributed by atoms with Crippen LogP contribution in [0.25, 0.3) is 10.9 Å². The number of benzene rings is 1. The van der Waals surface area contributed by atoms with Crippen molar-refractivity contribution in [2.45, 2.75) is 19.4 Å². The maximum absolute atomic E-state index is 12.6. The SMILES string of the molecule is Cn1c(C(=O)NCC2(Cn3ccnc3)CC2)cc2ccccc21. The topological polar surface area (TPSA) is 51.9 Å². The van der Waals surface area contributed by atoms with Gasteiger partial charge in [-0.1, -0.05) is 18.2 Å². The molecule has 0 bridgehead atoms. The summed E-state index contributed by atoms with van der Waals surface area (Å²) >= 11 is 0. The average molecular weight is 308 g/mol. The predicted molar refractivity (Wildman–Crippen MR) is 89.1 cm³/mol. The van der Waals surface area contributed by atoms with Crippen molar-refractivity contribution >= 4 is 16.8 Å². The first-order chi connectivity index (χ1) is 11.2. The Balaban J connectivity index is 1.46. The van der Waals surface area contributed by atoms with Gasteiger partial charge in [-0.3, -0.25) is 4.79 Å². The number of rotatable bonds is 5. The van der Waals surface area contributed by atoms with Crippen molar-refractivity contribution in [2.24, 2.45) is 12.5 Å². The molecule has 1 N–H and O–H groups in total. The zero-order valence-corrected chi connectivity index (χ0v) is 13.2. The van der Waals surface area contributed by atoms with Crippen molar-refractivity contribution in [1.29, 1.82) is 0 Å². The number of amides is 1. The van der Waals surface area contributed by atoms with Gasteiger partial charge in [-0.05, 0) is 25.0 Å². The normalized spacial score (nSPS) is 15.7. The molecule has 2 aromatic heterocycles. The molecule has 0 aliphatic heterocycles. The number of fused-ring (bicyclic) bond motifs is 1. The van der Waals surface area contributed by atoms with Crippen LogP contribution in [0.15, 0.2) is 49.1 Å². The van der Waals surface area contributed by atoms with E-state index in [1.54, 1.807) is 6.20 Å². The smallest absolute Gasteiger partial charge is 0.267 e. The lowest BCUT2D eigenvalue weighted by Crippen LogP contribution is -2.33. The van der Waals surface area contributed by atoms with E-state index in [9.17, 15) is 4.79 Å². The van der Waals surface area contributed by atoms with E-state index in [2.05, 4.69) is 14.9 Å². The van der Waals surface area contributed by atoms with E-state index in [-0.39, 0.29) is 11.3 Å². The van der Waals surface area contributed by atoms with Gasteiger partial charge in [0.2, 0.25) is 0 Å². The number of aromatic nitrogens is 3. The Morgan fingerprint density at radius 2 is 2.17 bits per heavy atom. The van der Waals surface area contributed by atoms with Crippen LogP contribution in [0.1, 0.15) is 23.3 Å². The van der Waals surface area contributed by atoms with Gasteiger partial charge in [0.1, 0.15) is 5.69 Å². The van der Waals surface area contributed by atoms with Gasteiger partial charge in [-0.25, -0.2) is 4.98 Å². The number of para-hydroxylation sites is 1. The molecule has 1 amide bonds. The first-order valence-corrected chi connectivity index (χ1v) is 7.95. The van der Waals surface area contributed by atoms with Crippen molar-refractivity contribution in [3.8, 4) is 0 Å². The summed E-state index contributed by atoms with van der Waals surface area (Å²) in [6, 6.07) is 10.0. The molecule has 5 heteroatoms. The average Bonchev–Trinajstić information content (AvgIpc) is 2.97. The van der Waals surface area contributed by atoms with Crippen LogP contribution in [0, 0.1) is 5.41 Å². The fourth-order valence-electron chi connectivity index (χ4n) is 3.20. The van der Waals surface area contributed by atoms with E-state index in [0.717, 1.165) is 30.3 Å². The Hall–Kier alpha value is -2.56. The number of hydrogen-bond acceptors (Lipinski definition) is 2. The first-order valence-electron chi connectivity index (χ1n) is 7.95. The second kappa shape index (κ2) is 5.26. The van der Waals surface area contributed by atoms with Crippen molar-refractivity contribution in [3.05, 3.63) is 54.7 Å². The van der Waals surface area contributed by atoms with Gasteiger partial charge in [0.25, 0.3) is 5.91 Å². The number of hydrogen-bond donors (Lipinski definition) is 1. The standard InChI is InChI=1S/C18H20N4O/c1-21-15-5-3-2-4-14(15)10-16(21)17(23)20-11-18(6-7-18)12-22-9-8-19-13-22/h2-5,8-10,13H,6-7,11-12H2,1H3,(H,20,23). The van der Waals surface area contributed by atoms with Crippen LogP contribution in [-0.4, -0.2) is 26.6 Å². The van der Waals surface area contributed by atoms with E-state index < -0.39 is 0 Å². The van der Waals surface area contributed by atoms with Gasteiger partial charge < -0.3 is 14.5 Å². The molecule has 0 unspecified atom stereocenters. The highest BCUT2D eigenvalue weighted by molar-refractivity contribution is 5.98. The van der Waals surface area contributed by atoms with Gasteiger partial charge in [-0.2, -0.15) is 0 Å². The van der Waals surface area contributed by atoms with E-state index in [4.69, 9.17) is 0 Å². The second-order valence-corrected chi connectivity index (χ2v) is 6.57. The van der Waals surface area contributed by atoms with Gasteiger partial charge >= 0.3 is 0 Å².